The smallest absolute Gasteiger partial charge is 0.191 e. The van der Waals surface area contributed by atoms with Crippen LogP contribution >= 0.6 is 27.5 Å². The number of oxazole rings is 1. The summed E-state index contributed by atoms with van der Waals surface area (Å²) in [5.74, 6) is 1.40. The molecule has 0 saturated heterocycles. The highest BCUT2D eigenvalue weighted by atomic mass is 79.9. The Bertz CT molecular complexity index is 467. The van der Waals surface area contributed by atoms with Gasteiger partial charge < -0.3 is 4.42 Å². The molecule has 1 aromatic carbocycles. The maximum atomic E-state index is 5.83. The molecule has 0 unspecified atom stereocenters. The molecule has 0 aliphatic rings. The van der Waals surface area contributed by atoms with Crippen molar-refractivity contribution in [3.05, 3.63) is 39.8 Å². The number of aryl methyl sites for hydroxylation is 1. The van der Waals surface area contributed by atoms with E-state index in [1.807, 2.05) is 25.1 Å². The predicted octanol–water partition coefficient (Wildman–Crippen LogP) is 4.07. The normalized spacial score (nSPS) is 10.5. The van der Waals surface area contributed by atoms with Crippen LogP contribution in [-0.4, -0.2) is 4.98 Å². The molecule has 4 heteroatoms. The van der Waals surface area contributed by atoms with Crippen molar-refractivity contribution in [1.82, 2.24) is 4.98 Å². The van der Waals surface area contributed by atoms with E-state index in [-0.39, 0.29) is 0 Å². The van der Waals surface area contributed by atoms with Crippen LogP contribution in [0.25, 0.3) is 11.3 Å². The van der Waals surface area contributed by atoms with E-state index in [1.54, 1.807) is 6.20 Å². The minimum absolute atomic E-state index is 0.654. The van der Waals surface area contributed by atoms with E-state index in [4.69, 9.17) is 16.0 Å². The number of rotatable bonds is 1. The second-order valence-corrected chi connectivity index (χ2v) is 4.16. The number of hydrogen-bond donors (Lipinski definition) is 0. The summed E-state index contributed by atoms with van der Waals surface area (Å²) in [6, 6.07) is 5.54. The summed E-state index contributed by atoms with van der Waals surface area (Å²) in [4.78, 5) is 4.04. The molecule has 14 heavy (non-hydrogen) atoms. The van der Waals surface area contributed by atoms with Gasteiger partial charge in [-0.15, -0.1) is 0 Å². The van der Waals surface area contributed by atoms with E-state index >= 15 is 0 Å². The summed E-state index contributed by atoms with van der Waals surface area (Å²) >= 11 is 9.25. The third-order valence-corrected chi connectivity index (χ3v) is 2.71. The number of halogens is 2. The molecule has 0 atom stereocenters. The Kier molecular flexibility index (Phi) is 2.61. The zero-order valence-corrected chi connectivity index (χ0v) is 9.76. The Labute approximate surface area is 95.0 Å². The van der Waals surface area contributed by atoms with Gasteiger partial charge in [-0.3, -0.25) is 0 Å². The number of benzene rings is 1. The summed E-state index contributed by atoms with van der Waals surface area (Å²) in [5, 5.41) is 0.692. The van der Waals surface area contributed by atoms with E-state index in [1.165, 1.54) is 0 Å². The molecule has 0 saturated carbocycles. The lowest BCUT2D eigenvalue weighted by Crippen LogP contribution is -1.76. The molecule has 0 bridgehead atoms. The average molecular weight is 273 g/mol. The molecule has 0 fully saturated rings. The third kappa shape index (κ3) is 1.83. The van der Waals surface area contributed by atoms with Gasteiger partial charge in [-0.1, -0.05) is 11.6 Å². The lowest BCUT2D eigenvalue weighted by Gasteiger charge is -2.00. The van der Waals surface area contributed by atoms with Gasteiger partial charge >= 0.3 is 0 Å². The molecule has 0 amide bonds. The molecular weight excluding hydrogens is 265 g/mol. The van der Waals surface area contributed by atoms with Crippen LogP contribution in [0.3, 0.4) is 0 Å². The Balaban J connectivity index is 2.52. The molecule has 0 radical (unpaired) electrons. The molecule has 0 spiro atoms. The average Bonchev–Trinajstić information content (AvgIpc) is 2.51. The van der Waals surface area contributed by atoms with Crippen molar-refractivity contribution in [3.8, 4) is 11.3 Å². The Morgan fingerprint density at radius 3 is 2.79 bits per heavy atom. The fourth-order valence-electron chi connectivity index (χ4n) is 1.18. The molecule has 2 aromatic rings. The van der Waals surface area contributed by atoms with Gasteiger partial charge in [0, 0.05) is 22.0 Å². The summed E-state index contributed by atoms with van der Waals surface area (Å²) in [5.41, 5.74) is 0.954. The number of nitrogens with zero attached hydrogens (tertiary/aromatic N) is 1. The first-order valence-electron chi connectivity index (χ1n) is 4.04. The van der Waals surface area contributed by atoms with Crippen molar-refractivity contribution in [2.75, 3.05) is 0 Å². The van der Waals surface area contributed by atoms with Gasteiger partial charge in [-0.25, -0.2) is 4.98 Å². The van der Waals surface area contributed by atoms with E-state index in [2.05, 4.69) is 20.9 Å². The first-order valence-corrected chi connectivity index (χ1v) is 5.22. The molecule has 1 aromatic heterocycles. The second kappa shape index (κ2) is 3.75. The minimum atomic E-state index is 0.654. The van der Waals surface area contributed by atoms with Crippen molar-refractivity contribution < 1.29 is 4.42 Å². The van der Waals surface area contributed by atoms with Gasteiger partial charge in [0.2, 0.25) is 0 Å². The Morgan fingerprint density at radius 2 is 2.21 bits per heavy atom. The van der Waals surface area contributed by atoms with Crippen LogP contribution in [0.4, 0.5) is 0 Å². The van der Waals surface area contributed by atoms with Crippen LogP contribution in [0.5, 0.6) is 0 Å². The highest BCUT2D eigenvalue weighted by molar-refractivity contribution is 9.10. The van der Waals surface area contributed by atoms with Crippen LogP contribution in [0.15, 0.2) is 33.3 Å². The van der Waals surface area contributed by atoms with Crippen molar-refractivity contribution in [2.45, 2.75) is 6.92 Å². The van der Waals surface area contributed by atoms with Crippen LogP contribution < -0.4 is 0 Å². The van der Waals surface area contributed by atoms with E-state index < -0.39 is 0 Å². The van der Waals surface area contributed by atoms with Gasteiger partial charge in [0.25, 0.3) is 0 Å². The predicted molar refractivity (Wildman–Crippen MR) is 59.4 cm³/mol. The van der Waals surface area contributed by atoms with Crippen LogP contribution in [-0.2, 0) is 0 Å². The second-order valence-electron chi connectivity index (χ2n) is 2.87. The van der Waals surface area contributed by atoms with Crippen LogP contribution in [0.1, 0.15) is 5.89 Å². The monoisotopic (exact) mass is 271 g/mol. The maximum absolute atomic E-state index is 5.83. The highest BCUT2D eigenvalue weighted by Crippen LogP contribution is 2.30. The molecule has 0 aliphatic carbocycles. The molecule has 0 N–H and O–H groups in total. The molecule has 0 aliphatic heterocycles. The van der Waals surface area contributed by atoms with Gasteiger partial charge in [-0.05, 0) is 34.1 Å². The molecular formula is C10H7BrClNO. The molecule has 72 valence electrons. The molecule has 2 rings (SSSR count). The summed E-state index contributed by atoms with van der Waals surface area (Å²) in [6.45, 7) is 1.81. The topological polar surface area (TPSA) is 26.0 Å². The maximum Gasteiger partial charge on any atom is 0.191 e. The Hall–Kier alpha value is -0.800. The fraction of sp³-hybridized carbons (Fsp3) is 0.100. The van der Waals surface area contributed by atoms with Crippen LogP contribution in [0, 0.1) is 6.92 Å². The SMILES string of the molecule is Cc1ncc(-c2ccc(Cl)cc2Br)o1. The summed E-state index contributed by atoms with van der Waals surface area (Å²) in [7, 11) is 0. The highest BCUT2D eigenvalue weighted by Gasteiger charge is 2.07. The fourth-order valence-corrected chi connectivity index (χ4v) is 2.05. The van der Waals surface area contributed by atoms with Crippen molar-refractivity contribution in [2.24, 2.45) is 0 Å². The minimum Gasteiger partial charge on any atom is -0.441 e. The lowest BCUT2D eigenvalue weighted by molar-refractivity contribution is 0.534. The first kappa shape index (κ1) is 9.74. The standard InChI is InChI=1S/C10H7BrClNO/c1-6-13-5-10(14-6)8-3-2-7(12)4-9(8)11/h2-5H,1H3. The largest absolute Gasteiger partial charge is 0.441 e. The summed E-state index contributed by atoms with van der Waals surface area (Å²) in [6.07, 6.45) is 1.70. The number of hydrogen-bond acceptors (Lipinski definition) is 2. The molecule has 1 heterocycles. The van der Waals surface area contributed by atoms with Crippen molar-refractivity contribution in [3.63, 3.8) is 0 Å². The zero-order chi connectivity index (χ0) is 10.1. The molecule has 2 nitrogen and oxygen atoms in total. The van der Waals surface area contributed by atoms with Gasteiger partial charge in [0.1, 0.15) is 0 Å². The third-order valence-electron chi connectivity index (χ3n) is 1.82. The van der Waals surface area contributed by atoms with E-state index in [0.29, 0.717) is 10.9 Å². The van der Waals surface area contributed by atoms with Gasteiger partial charge in [-0.2, -0.15) is 0 Å². The van der Waals surface area contributed by atoms with Crippen molar-refractivity contribution in [1.29, 1.82) is 0 Å². The zero-order valence-electron chi connectivity index (χ0n) is 7.42. The van der Waals surface area contributed by atoms with Gasteiger partial charge in [0.05, 0.1) is 6.20 Å². The number of aromatic nitrogens is 1. The van der Waals surface area contributed by atoms with Crippen LogP contribution in [0.2, 0.25) is 5.02 Å². The first-order chi connectivity index (χ1) is 6.66. The quantitative estimate of drug-likeness (QED) is 0.782. The van der Waals surface area contributed by atoms with E-state index in [9.17, 15) is 0 Å². The van der Waals surface area contributed by atoms with Crippen molar-refractivity contribution >= 4 is 27.5 Å². The van der Waals surface area contributed by atoms with E-state index in [0.717, 1.165) is 15.8 Å². The van der Waals surface area contributed by atoms with Gasteiger partial charge in [0.15, 0.2) is 11.7 Å². The summed E-state index contributed by atoms with van der Waals surface area (Å²) < 4.78 is 6.31. The Morgan fingerprint density at radius 1 is 1.43 bits per heavy atom. The lowest BCUT2D eigenvalue weighted by atomic mass is 10.2.